The maximum Gasteiger partial charge on any atom is 0.274 e. The second-order valence-electron chi connectivity index (χ2n) is 7.66. The average molecular weight is 367 g/mol. The van der Waals surface area contributed by atoms with Gasteiger partial charge < -0.3 is 4.90 Å². The first-order valence-electron chi connectivity index (χ1n) is 9.33. The van der Waals surface area contributed by atoms with Crippen molar-refractivity contribution in [2.75, 3.05) is 11.4 Å². The molecule has 0 bridgehead atoms. The number of carbonyl (C=O) groups excluding carboxylic acids is 1. The molecule has 0 radical (unpaired) electrons. The SMILES string of the molecule is CCN1c2ccc(/C=N\NC(=O)c3ccccc3F)cc2[C@@H](C)CC1(C)C. The molecule has 27 heavy (non-hydrogen) atoms. The van der Waals surface area contributed by atoms with E-state index in [4.69, 9.17) is 0 Å². The van der Waals surface area contributed by atoms with Gasteiger partial charge in [0.25, 0.3) is 5.91 Å². The van der Waals surface area contributed by atoms with Crippen LogP contribution in [0.2, 0.25) is 0 Å². The predicted molar refractivity (Wildman–Crippen MR) is 108 cm³/mol. The van der Waals surface area contributed by atoms with E-state index in [1.807, 2.05) is 6.07 Å². The van der Waals surface area contributed by atoms with Gasteiger partial charge in [0.05, 0.1) is 11.8 Å². The molecule has 0 aromatic heterocycles. The number of nitrogens with zero attached hydrogens (tertiary/aromatic N) is 2. The second-order valence-corrected chi connectivity index (χ2v) is 7.66. The summed E-state index contributed by atoms with van der Waals surface area (Å²) in [5.41, 5.74) is 5.96. The van der Waals surface area contributed by atoms with Crippen LogP contribution in [0, 0.1) is 5.82 Å². The molecule has 2 aromatic carbocycles. The van der Waals surface area contributed by atoms with Gasteiger partial charge in [0.2, 0.25) is 0 Å². The number of carbonyl (C=O) groups is 1. The van der Waals surface area contributed by atoms with Crippen molar-refractivity contribution >= 4 is 17.8 Å². The van der Waals surface area contributed by atoms with Crippen LogP contribution in [0.1, 0.15) is 61.5 Å². The van der Waals surface area contributed by atoms with E-state index in [1.54, 1.807) is 18.3 Å². The van der Waals surface area contributed by atoms with Gasteiger partial charge in [-0.25, -0.2) is 9.82 Å². The van der Waals surface area contributed by atoms with Crippen LogP contribution in [0.15, 0.2) is 47.6 Å². The smallest absolute Gasteiger partial charge is 0.274 e. The van der Waals surface area contributed by atoms with E-state index in [9.17, 15) is 9.18 Å². The number of benzene rings is 2. The maximum atomic E-state index is 13.6. The molecule has 1 aliphatic heterocycles. The minimum absolute atomic E-state index is 0.0190. The average Bonchev–Trinajstić information content (AvgIpc) is 2.62. The number of hydrogen-bond acceptors (Lipinski definition) is 3. The summed E-state index contributed by atoms with van der Waals surface area (Å²) >= 11 is 0. The predicted octanol–water partition coefficient (Wildman–Crippen LogP) is 4.70. The Hall–Kier alpha value is -2.69. The Labute approximate surface area is 160 Å². The van der Waals surface area contributed by atoms with E-state index in [0.717, 1.165) is 18.5 Å². The molecule has 4 nitrogen and oxygen atoms in total. The minimum atomic E-state index is -0.561. The van der Waals surface area contributed by atoms with Gasteiger partial charge in [-0.15, -0.1) is 0 Å². The Kier molecular flexibility index (Phi) is 5.31. The van der Waals surface area contributed by atoms with Crippen molar-refractivity contribution in [2.45, 2.75) is 45.6 Å². The van der Waals surface area contributed by atoms with Gasteiger partial charge in [0.1, 0.15) is 5.82 Å². The molecule has 142 valence electrons. The summed E-state index contributed by atoms with van der Waals surface area (Å²) < 4.78 is 13.6. The number of rotatable bonds is 4. The molecule has 1 N–H and O–H groups in total. The van der Waals surface area contributed by atoms with Gasteiger partial charge in [-0.05, 0) is 68.5 Å². The van der Waals surface area contributed by atoms with Gasteiger partial charge in [-0.3, -0.25) is 4.79 Å². The first-order chi connectivity index (χ1) is 12.8. The Morgan fingerprint density at radius 1 is 1.33 bits per heavy atom. The zero-order chi connectivity index (χ0) is 19.6. The molecule has 5 heteroatoms. The lowest BCUT2D eigenvalue weighted by molar-refractivity contribution is 0.0951. The topological polar surface area (TPSA) is 44.7 Å². The fourth-order valence-corrected chi connectivity index (χ4v) is 4.06. The summed E-state index contributed by atoms with van der Waals surface area (Å²) in [5.74, 6) is -0.677. The molecule has 0 aliphatic carbocycles. The van der Waals surface area contributed by atoms with Gasteiger partial charge in [0.15, 0.2) is 0 Å². The van der Waals surface area contributed by atoms with Crippen LogP contribution in [0.5, 0.6) is 0 Å². The Morgan fingerprint density at radius 3 is 2.78 bits per heavy atom. The number of amides is 1. The molecule has 0 saturated heterocycles. The third kappa shape index (κ3) is 3.87. The standard InChI is InChI=1S/C22H26FN3O/c1-5-26-20-11-10-16(12-18(20)15(2)13-22(26,3)4)14-24-25-21(27)17-8-6-7-9-19(17)23/h6-12,14-15H,5,13H2,1-4H3,(H,25,27)/b24-14-/t15-/m0/s1. The molecule has 0 saturated carbocycles. The van der Waals surface area contributed by atoms with Crippen LogP contribution in [-0.2, 0) is 0 Å². The highest BCUT2D eigenvalue weighted by atomic mass is 19.1. The van der Waals surface area contributed by atoms with E-state index < -0.39 is 11.7 Å². The summed E-state index contributed by atoms with van der Waals surface area (Å²) in [6, 6.07) is 12.1. The third-order valence-electron chi connectivity index (χ3n) is 5.22. The minimum Gasteiger partial charge on any atom is -0.366 e. The van der Waals surface area contributed by atoms with E-state index in [1.165, 1.54) is 23.4 Å². The van der Waals surface area contributed by atoms with Gasteiger partial charge in [0, 0.05) is 17.8 Å². The highest BCUT2D eigenvalue weighted by Gasteiger charge is 2.35. The summed E-state index contributed by atoms with van der Waals surface area (Å²) in [5, 5.41) is 4.00. The van der Waals surface area contributed by atoms with Crippen molar-refractivity contribution in [2.24, 2.45) is 5.10 Å². The number of fused-ring (bicyclic) bond motifs is 1. The van der Waals surface area contributed by atoms with Crippen molar-refractivity contribution in [1.29, 1.82) is 0 Å². The monoisotopic (exact) mass is 367 g/mol. The van der Waals surface area contributed by atoms with Crippen LogP contribution in [0.4, 0.5) is 10.1 Å². The summed E-state index contributed by atoms with van der Waals surface area (Å²) in [6.45, 7) is 9.94. The maximum absolute atomic E-state index is 13.6. The van der Waals surface area contributed by atoms with Crippen LogP contribution < -0.4 is 10.3 Å². The fraction of sp³-hybridized carbons (Fsp3) is 0.364. The van der Waals surface area contributed by atoms with Gasteiger partial charge in [-0.2, -0.15) is 5.10 Å². The third-order valence-corrected chi connectivity index (χ3v) is 5.22. The molecule has 0 fully saturated rings. The number of anilines is 1. The van der Waals surface area contributed by atoms with Crippen molar-refractivity contribution < 1.29 is 9.18 Å². The number of hydrogen-bond donors (Lipinski definition) is 1. The van der Waals surface area contributed by atoms with Gasteiger partial charge in [-0.1, -0.05) is 25.1 Å². The van der Waals surface area contributed by atoms with Crippen LogP contribution in [0.25, 0.3) is 0 Å². The quantitative estimate of drug-likeness (QED) is 0.629. The Balaban J connectivity index is 1.78. The van der Waals surface area contributed by atoms with Gasteiger partial charge >= 0.3 is 0 Å². The number of nitrogens with one attached hydrogen (secondary N) is 1. The molecule has 2 aromatic rings. The Bertz CT molecular complexity index is 876. The van der Waals surface area contributed by atoms with E-state index in [0.29, 0.717) is 5.92 Å². The lowest BCUT2D eigenvalue weighted by Gasteiger charge is -2.47. The van der Waals surface area contributed by atoms with E-state index in [2.05, 4.69) is 55.3 Å². The summed E-state index contributed by atoms with van der Waals surface area (Å²) in [6.07, 6.45) is 2.68. The normalized spacial score (nSPS) is 18.4. The molecule has 0 unspecified atom stereocenters. The molecule has 1 heterocycles. The zero-order valence-electron chi connectivity index (χ0n) is 16.3. The fourth-order valence-electron chi connectivity index (χ4n) is 4.06. The molecule has 1 aliphatic rings. The Morgan fingerprint density at radius 2 is 2.07 bits per heavy atom. The summed E-state index contributed by atoms with van der Waals surface area (Å²) in [7, 11) is 0. The number of hydrazone groups is 1. The molecule has 1 amide bonds. The molecule has 0 spiro atoms. The van der Waals surface area contributed by atoms with Crippen LogP contribution >= 0.6 is 0 Å². The molecule has 1 atom stereocenters. The second kappa shape index (κ2) is 7.51. The van der Waals surface area contributed by atoms with Crippen molar-refractivity contribution in [3.05, 3.63) is 65.0 Å². The molecule has 3 rings (SSSR count). The van der Waals surface area contributed by atoms with Crippen molar-refractivity contribution in [3.63, 3.8) is 0 Å². The van der Waals surface area contributed by atoms with Crippen molar-refractivity contribution in [3.8, 4) is 0 Å². The van der Waals surface area contributed by atoms with E-state index >= 15 is 0 Å². The number of halogens is 1. The largest absolute Gasteiger partial charge is 0.366 e. The highest BCUT2D eigenvalue weighted by molar-refractivity contribution is 5.95. The van der Waals surface area contributed by atoms with E-state index in [-0.39, 0.29) is 11.1 Å². The molecular weight excluding hydrogens is 341 g/mol. The van der Waals surface area contributed by atoms with Crippen LogP contribution in [-0.4, -0.2) is 24.2 Å². The zero-order valence-corrected chi connectivity index (χ0v) is 16.3. The van der Waals surface area contributed by atoms with Crippen molar-refractivity contribution in [1.82, 2.24) is 5.43 Å². The van der Waals surface area contributed by atoms with Crippen LogP contribution in [0.3, 0.4) is 0 Å². The highest BCUT2D eigenvalue weighted by Crippen LogP contribution is 2.43. The lowest BCUT2D eigenvalue weighted by Crippen LogP contribution is -2.48. The lowest BCUT2D eigenvalue weighted by atomic mass is 9.79. The summed E-state index contributed by atoms with van der Waals surface area (Å²) in [4.78, 5) is 14.5. The molecular formula is C22H26FN3O. The first kappa shape index (κ1) is 19.1. The first-order valence-corrected chi connectivity index (χ1v) is 9.33.